The molecule has 1 aliphatic carbocycles. The molecule has 0 atom stereocenters. The van der Waals surface area contributed by atoms with Crippen LogP contribution >= 0.6 is 11.3 Å². The molecule has 0 spiro atoms. The Labute approximate surface area is 122 Å². The molecule has 3 rings (SSSR count). The van der Waals surface area contributed by atoms with Crippen LogP contribution in [0.4, 0.5) is 0 Å². The van der Waals surface area contributed by atoms with Crippen LogP contribution in [0.1, 0.15) is 28.1 Å². The summed E-state index contributed by atoms with van der Waals surface area (Å²) in [6, 6.07) is 11.9. The maximum atomic E-state index is 12.3. The predicted molar refractivity (Wildman–Crippen MR) is 80.2 cm³/mol. The average molecular weight is 287 g/mol. The minimum atomic E-state index is 0.0778. The van der Waals surface area contributed by atoms with Gasteiger partial charge < -0.3 is 9.64 Å². The zero-order valence-electron chi connectivity index (χ0n) is 11.4. The Balaban J connectivity index is 1.67. The first-order chi connectivity index (χ1) is 9.74. The third-order valence-electron chi connectivity index (χ3n) is 3.46. The van der Waals surface area contributed by atoms with Gasteiger partial charge in [0.15, 0.2) is 0 Å². The molecule has 0 bridgehead atoms. The summed E-state index contributed by atoms with van der Waals surface area (Å²) in [6.45, 7) is 0.549. The van der Waals surface area contributed by atoms with Crippen molar-refractivity contribution in [1.82, 2.24) is 4.90 Å². The van der Waals surface area contributed by atoms with E-state index in [0.717, 1.165) is 18.6 Å². The normalized spacial score (nSPS) is 14.1. The molecule has 0 saturated heterocycles. The SMILES string of the molecule is CN(C(=O)c1cccc(OCc2cccs2)c1)C1CC1. The van der Waals surface area contributed by atoms with Gasteiger partial charge in [0.25, 0.3) is 5.91 Å². The number of nitrogens with zero attached hydrogens (tertiary/aromatic N) is 1. The molecule has 104 valence electrons. The fraction of sp³-hybridized carbons (Fsp3) is 0.312. The monoisotopic (exact) mass is 287 g/mol. The smallest absolute Gasteiger partial charge is 0.253 e. The van der Waals surface area contributed by atoms with Gasteiger partial charge in [-0.3, -0.25) is 4.79 Å². The Morgan fingerprint density at radius 3 is 2.90 bits per heavy atom. The van der Waals surface area contributed by atoms with Crippen LogP contribution < -0.4 is 4.74 Å². The lowest BCUT2D eigenvalue weighted by molar-refractivity contribution is 0.0784. The number of amides is 1. The fourth-order valence-corrected chi connectivity index (χ4v) is 2.72. The lowest BCUT2D eigenvalue weighted by Gasteiger charge is -2.16. The third-order valence-corrected chi connectivity index (χ3v) is 4.31. The van der Waals surface area contributed by atoms with Gasteiger partial charge in [-0.05, 0) is 42.5 Å². The fourth-order valence-electron chi connectivity index (χ4n) is 2.10. The van der Waals surface area contributed by atoms with Crippen LogP contribution in [0.5, 0.6) is 5.75 Å². The lowest BCUT2D eigenvalue weighted by Crippen LogP contribution is -2.28. The number of benzene rings is 1. The summed E-state index contributed by atoms with van der Waals surface area (Å²) in [5.74, 6) is 0.822. The summed E-state index contributed by atoms with van der Waals surface area (Å²) in [7, 11) is 1.87. The Hall–Kier alpha value is -1.81. The Morgan fingerprint density at radius 1 is 1.35 bits per heavy atom. The molecule has 0 N–H and O–H groups in total. The quantitative estimate of drug-likeness (QED) is 0.841. The molecule has 1 heterocycles. The number of thiophene rings is 1. The molecule has 1 fully saturated rings. The maximum Gasteiger partial charge on any atom is 0.253 e. The van der Waals surface area contributed by atoms with Gasteiger partial charge in [0.05, 0.1) is 0 Å². The second-order valence-electron chi connectivity index (χ2n) is 5.04. The van der Waals surface area contributed by atoms with Crippen LogP contribution in [0.2, 0.25) is 0 Å². The Kier molecular flexibility index (Phi) is 3.74. The predicted octanol–water partition coefficient (Wildman–Crippen LogP) is 3.56. The summed E-state index contributed by atoms with van der Waals surface area (Å²) >= 11 is 1.67. The van der Waals surface area contributed by atoms with E-state index < -0.39 is 0 Å². The molecular weight excluding hydrogens is 270 g/mol. The van der Waals surface area contributed by atoms with Crippen LogP contribution in [0.15, 0.2) is 41.8 Å². The molecular formula is C16H17NO2S. The first kappa shape index (κ1) is 13.2. The van der Waals surface area contributed by atoms with Crippen molar-refractivity contribution in [3.05, 3.63) is 52.2 Å². The molecule has 0 radical (unpaired) electrons. The molecule has 1 aliphatic rings. The summed E-state index contributed by atoms with van der Waals surface area (Å²) in [5.41, 5.74) is 0.697. The molecule has 2 aromatic rings. The molecule has 0 unspecified atom stereocenters. The first-order valence-electron chi connectivity index (χ1n) is 6.76. The van der Waals surface area contributed by atoms with E-state index in [-0.39, 0.29) is 5.91 Å². The van der Waals surface area contributed by atoms with Gasteiger partial charge in [0.1, 0.15) is 12.4 Å². The van der Waals surface area contributed by atoms with Crippen molar-refractivity contribution in [2.45, 2.75) is 25.5 Å². The highest BCUT2D eigenvalue weighted by Crippen LogP contribution is 2.27. The Bertz CT molecular complexity index is 590. The number of ether oxygens (including phenoxy) is 1. The van der Waals surface area contributed by atoms with Crippen LogP contribution in [0.25, 0.3) is 0 Å². The number of hydrogen-bond donors (Lipinski definition) is 0. The molecule has 0 aliphatic heterocycles. The average Bonchev–Trinajstić information content (AvgIpc) is 3.20. The Morgan fingerprint density at radius 2 is 2.20 bits per heavy atom. The van der Waals surface area contributed by atoms with Crippen LogP contribution in [0, 0.1) is 0 Å². The van der Waals surface area contributed by atoms with Crippen LogP contribution in [0.3, 0.4) is 0 Å². The second-order valence-corrected chi connectivity index (χ2v) is 6.08. The summed E-state index contributed by atoms with van der Waals surface area (Å²) in [5, 5.41) is 2.03. The third kappa shape index (κ3) is 3.02. The second kappa shape index (κ2) is 5.67. The zero-order chi connectivity index (χ0) is 13.9. The van der Waals surface area contributed by atoms with Crippen molar-refractivity contribution >= 4 is 17.2 Å². The van der Waals surface area contributed by atoms with Crippen molar-refractivity contribution in [2.24, 2.45) is 0 Å². The van der Waals surface area contributed by atoms with E-state index in [1.807, 2.05) is 53.7 Å². The molecule has 4 heteroatoms. The minimum Gasteiger partial charge on any atom is -0.488 e. The molecule has 3 nitrogen and oxygen atoms in total. The topological polar surface area (TPSA) is 29.5 Å². The number of hydrogen-bond acceptors (Lipinski definition) is 3. The standard InChI is InChI=1S/C16H17NO2S/c1-17(13-7-8-13)16(18)12-4-2-5-14(10-12)19-11-15-6-3-9-20-15/h2-6,9-10,13H,7-8,11H2,1H3. The van der Waals surface area contributed by atoms with Crippen molar-refractivity contribution in [1.29, 1.82) is 0 Å². The molecule has 1 saturated carbocycles. The van der Waals surface area contributed by atoms with Crippen molar-refractivity contribution in [3.63, 3.8) is 0 Å². The van der Waals surface area contributed by atoms with E-state index >= 15 is 0 Å². The van der Waals surface area contributed by atoms with Gasteiger partial charge in [-0.25, -0.2) is 0 Å². The first-order valence-corrected chi connectivity index (χ1v) is 7.64. The molecule has 1 aromatic carbocycles. The summed E-state index contributed by atoms with van der Waals surface area (Å²) in [4.78, 5) is 15.3. The van der Waals surface area contributed by atoms with E-state index in [0.29, 0.717) is 18.2 Å². The van der Waals surface area contributed by atoms with Crippen LogP contribution in [-0.4, -0.2) is 23.9 Å². The molecule has 1 aromatic heterocycles. The minimum absolute atomic E-state index is 0.0778. The van der Waals surface area contributed by atoms with Gasteiger partial charge in [-0.1, -0.05) is 12.1 Å². The van der Waals surface area contributed by atoms with Gasteiger partial charge in [-0.15, -0.1) is 11.3 Å². The summed E-state index contributed by atoms with van der Waals surface area (Å²) in [6.07, 6.45) is 2.24. The van der Waals surface area contributed by atoms with Gasteiger partial charge in [-0.2, -0.15) is 0 Å². The highest BCUT2D eigenvalue weighted by atomic mass is 32.1. The van der Waals surface area contributed by atoms with E-state index in [4.69, 9.17) is 4.74 Å². The van der Waals surface area contributed by atoms with E-state index in [9.17, 15) is 4.79 Å². The summed E-state index contributed by atoms with van der Waals surface area (Å²) < 4.78 is 5.74. The van der Waals surface area contributed by atoms with Crippen molar-refractivity contribution in [2.75, 3.05) is 7.05 Å². The highest BCUT2D eigenvalue weighted by molar-refractivity contribution is 7.09. The number of rotatable bonds is 5. The maximum absolute atomic E-state index is 12.3. The van der Waals surface area contributed by atoms with E-state index in [1.54, 1.807) is 11.3 Å². The van der Waals surface area contributed by atoms with E-state index in [1.165, 1.54) is 4.88 Å². The molecule has 1 amide bonds. The number of carbonyl (C=O) groups excluding carboxylic acids is 1. The number of carbonyl (C=O) groups is 1. The largest absolute Gasteiger partial charge is 0.488 e. The lowest BCUT2D eigenvalue weighted by atomic mass is 10.2. The zero-order valence-corrected chi connectivity index (χ0v) is 12.2. The van der Waals surface area contributed by atoms with Crippen molar-refractivity contribution in [3.8, 4) is 5.75 Å². The van der Waals surface area contributed by atoms with Gasteiger partial charge in [0, 0.05) is 23.5 Å². The molecule has 20 heavy (non-hydrogen) atoms. The van der Waals surface area contributed by atoms with Crippen LogP contribution in [-0.2, 0) is 6.61 Å². The van der Waals surface area contributed by atoms with Crippen molar-refractivity contribution < 1.29 is 9.53 Å². The van der Waals surface area contributed by atoms with Gasteiger partial charge in [0.2, 0.25) is 0 Å². The highest BCUT2D eigenvalue weighted by Gasteiger charge is 2.30. The van der Waals surface area contributed by atoms with Gasteiger partial charge >= 0.3 is 0 Å². The van der Waals surface area contributed by atoms with E-state index in [2.05, 4.69) is 0 Å².